The number of fused-ring (bicyclic) bond motifs is 12. The van der Waals surface area contributed by atoms with Crippen LogP contribution in [-0.4, -0.2) is 0 Å². The molecule has 0 atom stereocenters. The van der Waals surface area contributed by atoms with Crippen molar-refractivity contribution in [3.63, 3.8) is 0 Å². The van der Waals surface area contributed by atoms with Crippen molar-refractivity contribution in [2.75, 3.05) is 4.90 Å². The third-order valence-corrected chi connectivity index (χ3v) is 14.2. The molecule has 0 bridgehead atoms. The number of nitrogens with zero attached hydrogens (tertiary/aromatic N) is 1. The normalized spacial score (nSPS) is 13.2. The van der Waals surface area contributed by atoms with Crippen LogP contribution in [0.2, 0.25) is 0 Å². The van der Waals surface area contributed by atoms with Crippen LogP contribution >= 0.6 is 11.3 Å². The molecule has 0 saturated carbocycles. The number of rotatable bonds is 5. The number of hydrogen-bond donors (Lipinski definition) is 0. The van der Waals surface area contributed by atoms with E-state index in [1.54, 1.807) is 0 Å². The van der Waals surface area contributed by atoms with Gasteiger partial charge < -0.3 is 13.7 Å². The van der Waals surface area contributed by atoms with E-state index in [1.807, 2.05) is 11.3 Å². The van der Waals surface area contributed by atoms with Crippen LogP contribution in [0.5, 0.6) is 0 Å². The highest BCUT2D eigenvalue weighted by molar-refractivity contribution is 7.25. The molecule has 0 saturated heterocycles. The molecule has 61 heavy (non-hydrogen) atoms. The van der Waals surface area contributed by atoms with E-state index in [-0.39, 0.29) is 5.41 Å². The van der Waals surface area contributed by atoms with Gasteiger partial charge in [0.25, 0.3) is 0 Å². The van der Waals surface area contributed by atoms with E-state index in [2.05, 4.69) is 207 Å². The molecule has 3 aromatic heterocycles. The number of anilines is 3. The smallest absolute Gasteiger partial charge is 0.136 e. The quantitative estimate of drug-likeness (QED) is 0.174. The van der Waals surface area contributed by atoms with Crippen molar-refractivity contribution >= 4 is 92.4 Å². The number of hydrogen-bond acceptors (Lipinski definition) is 4. The highest BCUT2D eigenvalue weighted by Crippen LogP contribution is 2.51. The molecule has 1 aliphatic rings. The Morgan fingerprint density at radius 3 is 1.79 bits per heavy atom. The van der Waals surface area contributed by atoms with E-state index in [9.17, 15) is 0 Å². The van der Waals surface area contributed by atoms with Crippen LogP contribution in [0.15, 0.2) is 197 Å². The lowest BCUT2D eigenvalue weighted by Gasteiger charge is -2.28. The van der Waals surface area contributed by atoms with Gasteiger partial charge in [0.05, 0.1) is 0 Å². The standard InChI is InChI=1S/C57H37NO2S/c1-57(2)48-16-8-6-13-41(48)42-26-24-39(31-49(42)57)58(37-22-19-35(20-23-37)40-15-10-18-55-56(40)43-14-7-9-17-54(43)61-55)38-25-28-51-45(30-38)47-33-52-46(32-53(47)60-51)44-29-36(21-27-50(44)59-52)34-11-4-3-5-12-34/h3-33H,1-2H3. The molecule has 13 rings (SSSR count). The summed E-state index contributed by atoms with van der Waals surface area (Å²) in [7, 11) is 0. The monoisotopic (exact) mass is 799 g/mol. The van der Waals surface area contributed by atoms with Crippen LogP contribution in [0.3, 0.4) is 0 Å². The van der Waals surface area contributed by atoms with Crippen molar-refractivity contribution in [2.24, 2.45) is 0 Å². The summed E-state index contributed by atoms with van der Waals surface area (Å²) in [6.07, 6.45) is 0. The van der Waals surface area contributed by atoms with E-state index in [4.69, 9.17) is 8.83 Å². The maximum absolute atomic E-state index is 6.63. The molecule has 4 heteroatoms. The molecule has 0 spiro atoms. The zero-order valence-electron chi connectivity index (χ0n) is 33.6. The first-order valence-corrected chi connectivity index (χ1v) is 21.7. The SMILES string of the molecule is CC1(C)c2ccccc2-c2ccc(N(c3ccc(-c4cccc5sc6ccccc6c45)cc3)c3ccc4oc5cc6c(cc5c4c3)oc3ccc(-c4ccccc4)cc36)cc21. The fraction of sp³-hybridized carbons (Fsp3) is 0.0526. The van der Waals surface area contributed by atoms with E-state index in [0.29, 0.717) is 0 Å². The van der Waals surface area contributed by atoms with Crippen molar-refractivity contribution in [1.82, 2.24) is 0 Å². The fourth-order valence-corrected chi connectivity index (χ4v) is 11.2. The van der Waals surface area contributed by atoms with Gasteiger partial charge in [-0.05, 0) is 123 Å². The molecule has 12 aromatic rings. The van der Waals surface area contributed by atoms with E-state index in [1.165, 1.54) is 59.1 Å². The van der Waals surface area contributed by atoms with Crippen LogP contribution in [0.1, 0.15) is 25.0 Å². The number of furan rings is 2. The molecular formula is C57H37NO2S. The minimum Gasteiger partial charge on any atom is -0.456 e. The Balaban J connectivity index is 0.970. The maximum atomic E-state index is 6.63. The molecule has 3 heterocycles. The van der Waals surface area contributed by atoms with Crippen molar-refractivity contribution in [2.45, 2.75) is 19.3 Å². The predicted octanol–water partition coefficient (Wildman–Crippen LogP) is 17.0. The minimum absolute atomic E-state index is 0.135. The number of thiophene rings is 1. The van der Waals surface area contributed by atoms with E-state index in [0.717, 1.165) is 66.5 Å². The Kier molecular flexibility index (Phi) is 7.23. The number of benzene rings is 9. The zero-order valence-corrected chi connectivity index (χ0v) is 34.4. The lowest BCUT2D eigenvalue weighted by atomic mass is 9.82. The summed E-state index contributed by atoms with van der Waals surface area (Å²) >= 11 is 1.86. The van der Waals surface area contributed by atoms with Crippen LogP contribution in [0.4, 0.5) is 17.1 Å². The second-order valence-electron chi connectivity index (χ2n) is 16.9. The van der Waals surface area contributed by atoms with Crippen LogP contribution in [0, 0.1) is 0 Å². The molecule has 288 valence electrons. The first kappa shape index (κ1) is 34.5. The lowest BCUT2D eigenvalue weighted by molar-refractivity contribution is 0.660. The van der Waals surface area contributed by atoms with Gasteiger partial charge in [0, 0.05) is 64.2 Å². The van der Waals surface area contributed by atoms with Crippen LogP contribution in [0.25, 0.3) is 97.4 Å². The molecule has 0 fully saturated rings. The van der Waals surface area contributed by atoms with Crippen LogP contribution < -0.4 is 4.90 Å². The highest BCUT2D eigenvalue weighted by atomic mass is 32.1. The Labute approximate surface area is 356 Å². The third kappa shape index (κ3) is 5.16. The largest absolute Gasteiger partial charge is 0.456 e. The van der Waals surface area contributed by atoms with Crippen molar-refractivity contribution < 1.29 is 8.83 Å². The molecule has 0 N–H and O–H groups in total. The summed E-state index contributed by atoms with van der Waals surface area (Å²) in [6.45, 7) is 4.69. The molecule has 0 aliphatic heterocycles. The van der Waals surface area contributed by atoms with Gasteiger partial charge in [-0.1, -0.05) is 123 Å². The zero-order chi connectivity index (χ0) is 40.4. The summed E-state index contributed by atoms with van der Waals surface area (Å²) in [4.78, 5) is 2.40. The van der Waals surface area contributed by atoms with Crippen molar-refractivity contribution in [3.05, 3.63) is 199 Å². The molecule has 1 aliphatic carbocycles. The second kappa shape index (κ2) is 12.8. The van der Waals surface area contributed by atoms with E-state index < -0.39 is 0 Å². The lowest BCUT2D eigenvalue weighted by Crippen LogP contribution is -2.16. The minimum atomic E-state index is -0.135. The summed E-state index contributed by atoms with van der Waals surface area (Å²) in [5, 5.41) is 6.84. The molecule has 0 unspecified atom stereocenters. The van der Waals surface area contributed by atoms with Gasteiger partial charge >= 0.3 is 0 Å². The molecule has 9 aromatic carbocycles. The Morgan fingerprint density at radius 1 is 0.377 bits per heavy atom. The summed E-state index contributed by atoms with van der Waals surface area (Å²) in [5.74, 6) is 0. The van der Waals surface area contributed by atoms with Gasteiger partial charge in [0.1, 0.15) is 22.3 Å². The first-order chi connectivity index (χ1) is 30.0. The Morgan fingerprint density at radius 2 is 0.967 bits per heavy atom. The third-order valence-electron chi connectivity index (χ3n) is 13.1. The molecule has 0 radical (unpaired) electrons. The fourth-order valence-electron chi connectivity index (χ4n) is 10.1. The predicted molar refractivity (Wildman–Crippen MR) is 257 cm³/mol. The van der Waals surface area contributed by atoms with Gasteiger partial charge in [-0.2, -0.15) is 0 Å². The maximum Gasteiger partial charge on any atom is 0.136 e. The second-order valence-corrected chi connectivity index (χ2v) is 17.9. The Hall–Kier alpha value is -7.40. The Bertz CT molecular complexity index is 3740. The van der Waals surface area contributed by atoms with Gasteiger partial charge in [0.15, 0.2) is 0 Å². The van der Waals surface area contributed by atoms with Crippen molar-refractivity contribution in [1.29, 1.82) is 0 Å². The topological polar surface area (TPSA) is 29.5 Å². The van der Waals surface area contributed by atoms with Crippen LogP contribution in [-0.2, 0) is 5.41 Å². The summed E-state index contributed by atoms with van der Waals surface area (Å²) in [5.41, 5.74) is 16.6. The van der Waals surface area contributed by atoms with Crippen molar-refractivity contribution in [3.8, 4) is 33.4 Å². The summed E-state index contributed by atoms with van der Waals surface area (Å²) < 4.78 is 15.8. The first-order valence-electron chi connectivity index (χ1n) is 20.9. The highest BCUT2D eigenvalue weighted by Gasteiger charge is 2.36. The van der Waals surface area contributed by atoms with Gasteiger partial charge in [-0.15, -0.1) is 11.3 Å². The average molecular weight is 800 g/mol. The average Bonchev–Trinajstić information content (AvgIpc) is 4.03. The molecule has 0 amide bonds. The summed E-state index contributed by atoms with van der Waals surface area (Å²) in [6, 6.07) is 68.2. The van der Waals surface area contributed by atoms with Gasteiger partial charge in [-0.3, -0.25) is 0 Å². The molecule has 3 nitrogen and oxygen atoms in total. The van der Waals surface area contributed by atoms with Gasteiger partial charge in [-0.25, -0.2) is 0 Å². The van der Waals surface area contributed by atoms with Gasteiger partial charge in [0.2, 0.25) is 0 Å². The van der Waals surface area contributed by atoms with E-state index >= 15 is 0 Å². The molecular weight excluding hydrogens is 763 g/mol.